The van der Waals surface area contributed by atoms with E-state index in [1.165, 1.54) is 12.8 Å². The van der Waals surface area contributed by atoms with Crippen LogP contribution in [-0.2, 0) is 9.31 Å². The molecular formula is C18H27BN2O3. The largest absolute Gasteiger partial charge is 0.496 e. The molecule has 24 heavy (non-hydrogen) atoms. The van der Waals surface area contributed by atoms with Gasteiger partial charge in [0.1, 0.15) is 5.69 Å². The molecule has 1 aromatic rings. The van der Waals surface area contributed by atoms with Gasteiger partial charge in [-0.05, 0) is 46.6 Å². The molecule has 0 unspecified atom stereocenters. The zero-order valence-corrected chi connectivity index (χ0v) is 15.3. The maximum absolute atomic E-state index is 12.6. The summed E-state index contributed by atoms with van der Waals surface area (Å²) in [7, 11) is 1.43. The smallest absolute Gasteiger partial charge is 0.399 e. The highest BCUT2D eigenvalue weighted by molar-refractivity contribution is 6.62. The average Bonchev–Trinajstić information content (AvgIpc) is 3.13. The number of aromatic nitrogens is 1. The maximum atomic E-state index is 12.6. The molecule has 0 atom stereocenters. The summed E-state index contributed by atoms with van der Waals surface area (Å²) >= 11 is 0. The molecule has 1 amide bonds. The van der Waals surface area contributed by atoms with Gasteiger partial charge in [0.2, 0.25) is 0 Å². The molecule has 1 saturated carbocycles. The molecule has 2 fully saturated rings. The first-order valence-electron chi connectivity index (χ1n) is 8.80. The molecule has 0 spiro atoms. The predicted molar refractivity (Wildman–Crippen MR) is 94.3 cm³/mol. The molecule has 2 aliphatic rings. The Kier molecular flexibility index (Phi) is 4.47. The molecule has 6 heteroatoms. The summed E-state index contributed by atoms with van der Waals surface area (Å²) in [6, 6.07) is 4.00. The third-order valence-electron chi connectivity index (χ3n) is 5.72. The Morgan fingerprint density at radius 3 is 2.25 bits per heavy atom. The summed E-state index contributed by atoms with van der Waals surface area (Å²) in [5.41, 5.74) is 0.558. The van der Waals surface area contributed by atoms with Crippen molar-refractivity contribution in [3.05, 3.63) is 24.0 Å². The van der Waals surface area contributed by atoms with Crippen molar-refractivity contribution in [2.75, 3.05) is 7.05 Å². The highest BCUT2D eigenvalue weighted by Crippen LogP contribution is 2.36. The molecule has 0 aromatic carbocycles. The fraction of sp³-hybridized carbons (Fsp3) is 0.667. The lowest BCUT2D eigenvalue weighted by molar-refractivity contribution is 0.00578. The molecule has 0 radical (unpaired) electrons. The van der Waals surface area contributed by atoms with Crippen molar-refractivity contribution in [1.82, 2.24) is 9.88 Å². The fourth-order valence-corrected chi connectivity index (χ4v) is 3.29. The number of pyridine rings is 1. The zero-order chi connectivity index (χ0) is 17.5. The van der Waals surface area contributed by atoms with E-state index in [0.717, 1.165) is 18.3 Å². The minimum absolute atomic E-state index is 0.0117. The van der Waals surface area contributed by atoms with Crippen molar-refractivity contribution in [2.45, 2.75) is 70.6 Å². The van der Waals surface area contributed by atoms with Gasteiger partial charge in [-0.25, -0.2) is 0 Å². The molecule has 2 heterocycles. The van der Waals surface area contributed by atoms with Crippen LogP contribution in [0.1, 0.15) is 63.9 Å². The number of rotatable bonds is 3. The standard InChI is InChI=1S/C18H27BN2O3/c1-17(2)18(3,4)24-19(23-17)13-10-11-15(20-12-13)16(22)21(5)14-8-6-7-9-14/h10-12,14H,6-9H2,1-5H3. The van der Waals surface area contributed by atoms with E-state index in [0.29, 0.717) is 11.7 Å². The molecule has 130 valence electrons. The van der Waals surface area contributed by atoms with E-state index >= 15 is 0 Å². The summed E-state index contributed by atoms with van der Waals surface area (Å²) in [6.07, 6.45) is 6.29. The van der Waals surface area contributed by atoms with E-state index in [2.05, 4.69) is 4.98 Å². The van der Waals surface area contributed by atoms with E-state index < -0.39 is 7.12 Å². The Bertz CT molecular complexity index is 593. The Hall–Kier alpha value is -1.40. The number of carbonyl (C=O) groups excluding carboxylic acids is 1. The monoisotopic (exact) mass is 330 g/mol. The van der Waals surface area contributed by atoms with Gasteiger partial charge in [0.15, 0.2) is 0 Å². The lowest BCUT2D eigenvalue weighted by atomic mass is 9.80. The predicted octanol–water partition coefficient (Wildman–Crippen LogP) is 2.40. The number of amides is 1. The van der Waals surface area contributed by atoms with Gasteiger partial charge < -0.3 is 14.2 Å². The topological polar surface area (TPSA) is 51.7 Å². The van der Waals surface area contributed by atoms with E-state index in [1.54, 1.807) is 12.3 Å². The van der Waals surface area contributed by atoms with Crippen LogP contribution in [0, 0.1) is 0 Å². The van der Waals surface area contributed by atoms with Crippen molar-refractivity contribution < 1.29 is 14.1 Å². The van der Waals surface area contributed by atoms with Gasteiger partial charge in [-0.15, -0.1) is 0 Å². The van der Waals surface area contributed by atoms with Crippen LogP contribution in [0.2, 0.25) is 0 Å². The second-order valence-corrected chi connectivity index (χ2v) is 7.92. The molecule has 1 aliphatic carbocycles. The molecule has 3 rings (SSSR count). The first-order valence-corrected chi connectivity index (χ1v) is 8.80. The van der Waals surface area contributed by atoms with Gasteiger partial charge >= 0.3 is 7.12 Å². The van der Waals surface area contributed by atoms with Crippen molar-refractivity contribution in [3.8, 4) is 0 Å². The van der Waals surface area contributed by atoms with E-state index in [1.807, 2.05) is 45.7 Å². The van der Waals surface area contributed by atoms with Crippen molar-refractivity contribution in [2.24, 2.45) is 0 Å². The van der Waals surface area contributed by atoms with Gasteiger partial charge in [0, 0.05) is 24.7 Å². The van der Waals surface area contributed by atoms with Crippen LogP contribution in [0.4, 0.5) is 0 Å². The highest BCUT2D eigenvalue weighted by Gasteiger charge is 2.51. The van der Waals surface area contributed by atoms with Crippen LogP contribution in [0.5, 0.6) is 0 Å². The number of carbonyl (C=O) groups is 1. The minimum Gasteiger partial charge on any atom is -0.399 e. The van der Waals surface area contributed by atoms with Crippen LogP contribution in [0.15, 0.2) is 18.3 Å². The summed E-state index contributed by atoms with van der Waals surface area (Å²) in [6.45, 7) is 8.09. The minimum atomic E-state index is -0.445. The Balaban J connectivity index is 1.71. The molecule has 0 N–H and O–H groups in total. The average molecular weight is 330 g/mol. The van der Waals surface area contributed by atoms with Gasteiger partial charge in [-0.1, -0.05) is 18.9 Å². The van der Waals surface area contributed by atoms with Gasteiger partial charge in [0.05, 0.1) is 11.2 Å². The zero-order valence-electron chi connectivity index (χ0n) is 15.3. The number of hydrogen-bond acceptors (Lipinski definition) is 4. The highest BCUT2D eigenvalue weighted by atomic mass is 16.7. The Labute approximate surface area is 144 Å². The van der Waals surface area contributed by atoms with Crippen LogP contribution >= 0.6 is 0 Å². The quantitative estimate of drug-likeness (QED) is 0.799. The van der Waals surface area contributed by atoms with Crippen molar-refractivity contribution in [3.63, 3.8) is 0 Å². The van der Waals surface area contributed by atoms with Crippen molar-refractivity contribution >= 4 is 18.5 Å². The van der Waals surface area contributed by atoms with E-state index in [-0.39, 0.29) is 17.1 Å². The molecule has 5 nitrogen and oxygen atoms in total. The first kappa shape index (κ1) is 17.4. The summed E-state index contributed by atoms with van der Waals surface area (Å²) in [5.74, 6) is -0.0117. The van der Waals surface area contributed by atoms with Gasteiger partial charge in [-0.2, -0.15) is 0 Å². The summed E-state index contributed by atoms with van der Waals surface area (Å²) in [4.78, 5) is 18.8. The molecule has 0 bridgehead atoms. The van der Waals surface area contributed by atoms with Crippen molar-refractivity contribution in [1.29, 1.82) is 0 Å². The SMILES string of the molecule is CN(C(=O)c1ccc(B2OC(C)(C)C(C)(C)O2)cn1)C1CCCC1. The molecular weight excluding hydrogens is 303 g/mol. The Morgan fingerprint density at radius 2 is 1.75 bits per heavy atom. The lowest BCUT2D eigenvalue weighted by Gasteiger charge is -2.32. The van der Waals surface area contributed by atoms with Crippen LogP contribution in [-0.4, -0.2) is 47.2 Å². The summed E-state index contributed by atoms with van der Waals surface area (Å²) < 4.78 is 12.0. The molecule has 1 saturated heterocycles. The van der Waals surface area contributed by atoms with Crippen LogP contribution in [0.3, 0.4) is 0 Å². The first-order chi connectivity index (χ1) is 11.2. The lowest BCUT2D eigenvalue weighted by Crippen LogP contribution is -2.41. The summed E-state index contributed by atoms with van der Waals surface area (Å²) in [5, 5.41) is 0. The third-order valence-corrected chi connectivity index (χ3v) is 5.72. The molecule has 1 aromatic heterocycles. The normalized spacial score (nSPS) is 22.8. The fourth-order valence-electron chi connectivity index (χ4n) is 3.29. The van der Waals surface area contributed by atoms with Gasteiger partial charge in [-0.3, -0.25) is 9.78 Å². The second kappa shape index (κ2) is 6.15. The van der Waals surface area contributed by atoms with Crippen LogP contribution < -0.4 is 5.46 Å². The van der Waals surface area contributed by atoms with E-state index in [9.17, 15) is 4.79 Å². The Morgan fingerprint density at radius 1 is 1.17 bits per heavy atom. The number of nitrogens with zero attached hydrogens (tertiary/aromatic N) is 2. The second-order valence-electron chi connectivity index (χ2n) is 7.92. The number of hydrogen-bond donors (Lipinski definition) is 0. The third kappa shape index (κ3) is 3.09. The van der Waals surface area contributed by atoms with Crippen LogP contribution in [0.25, 0.3) is 0 Å². The maximum Gasteiger partial charge on any atom is 0.496 e. The van der Waals surface area contributed by atoms with E-state index in [4.69, 9.17) is 9.31 Å². The van der Waals surface area contributed by atoms with Gasteiger partial charge in [0.25, 0.3) is 5.91 Å². The molecule has 1 aliphatic heterocycles.